The van der Waals surface area contributed by atoms with E-state index in [4.69, 9.17) is 18.6 Å². The quantitative estimate of drug-likeness (QED) is 0.0552. The highest BCUT2D eigenvalue weighted by Crippen LogP contribution is 2.39. The standard InChI is InChI=1S/C28H29FN4O2.C26H24F2N4O2.C20H19F2N7OS/c1-18(2)20-7-9-21(10-8-20)26-27(33(17-31-26)16-19-5-3-4-6-19)24-11-12-25(35-24)28(34)32-23-13-14-30-15-22(23)29;1-31(21-12-13-29-14-20(21)28)26(33)23-11-10-22(34-23)25-24(18-6-8-19(27)9-7-18)30-16-32(25)15-17-4-2-3-5-17;1-12(2)29-11-26-18(13-3-5-14(21)6-4-13)19(29)20-25-10-17(27-20)31(23,30)28-16-7-8-24-9-15(16)22/h7-15,17-19H,3-6,16H2,1-2H3,(H,30,32,34);6-14,16-17H,2-5,15H2,1H3;3-12H,1-2H3,(H,25,27)(H2,23,24,28,30). The molecule has 4 N–H and O–H groups in total. The molecule has 9 aromatic heterocycles. The third kappa shape index (κ3) is 15.6. The molecule has 14 rings (SSSR count). The number of carbonyl (C=O) groups is 2. The van der Waals surface area contributed by atoms with Crippen molar-refractivity contribution >= 4 is 38.8 Å². The Bertz CT molecular complexity index is 4930. The van der Waals surface area contributed by atoms with Gasteiger partial charge in [0.2, 0.25) is 0 Å². The number of nitrogens with zero attached hydrogens (tertiary/aromatic N) is 11. The van der Waals surface area contributed by atoms with Crippen LogP contribution < -0.4 is 14.9 Å². The average molecular weight is 1380 g/mol. The maximum absolute atomic E-state index is 14.1. The van der Waals surface area contributed by atoms with E-state index in [1.165, 1.54) is 123 Å². The predicted octanol–water partition coefficient (Wildman–Crippen LogP) is 17.5. The summed E-state index contributed by atoms with van der Waals surface area (Å²) in [5.74, 6) is -0.483. The van der Waals surface area contributed by atoms with Crippen molar-refractivity contribution in [3.05, 3.63) is 224 Å². The normalized spacial score (nSPS) is 13.8. The zero-order valence-electron chi connectivity index (χ0n) is 55.4. The monoisotopic (exact) mass is 1380 g/mol. The van der Waals surface area contributed by atoms with E-state index in [0.29, 0.717) is 57.7 Å². The van der Waals surface area contributed by atoms with Gasteiger partial charge in [0.25, 0.3) is 11.8 Å². The van der Waals surface area contributed by atoms with Gasteiger partial charge in [0.05, 0.1) is 77.9 Å². The average Bonchev–Trinajstić information content (AvgIpc) is 1.64. The van der Waals surface area contributed by atoms with E-state index in [1.54, 1.807) is 61.2 Å². The van der Waals surface area contributed by atoms with E-state index in [2.05, 4.69) is 87.6 Å². The number of benzene rings is 3. The van der Waals surface area contributed by atoms with Crippen LogP contribution in [0.1, 0.15) is 118 Å². The predicted molar refractivity (Wildman–Crippen MR) is 370 cm³/mol. The summed E-state index contributed by atoms with van der Waals surface area (Å²) in [6.45, 7) is 9.91. The van der Waals surface area contributed by atoms with Crippen LogP contribution in [0, 0.1) is 45.7 Å². The summed E-state index contributed by atoms with van der Waals surface area (Å²) < 4.78 is 110. The maximum Gasteiger partial charge on any atom is 0.293 e. The summed E-state index contributed by atoms with van der Waals surface area (Å²) >= 11 is 0. The number of nitrogens with one attached hydrogen (secondary N) is 4. The van der Waals surface area contributed by atoms with Crippen molar-refractivity contribution in [3.8, 4) is 68.2 Å². The largest absolute Gasteiger partial charge is 0.449 e. The molecule has 2 amide bonds. The van der Waals surface area contributed by atoms with Gasteiger partial charge < -0.3 is 37.7 Å². The van der Waals surface area contributed by atoms with Crippen LogP contribution in [0.3, 0.4) is 0 Å². The first-order valence-electron chi connectivity index (χ1n) is 32.8. The molecule has 20 nitrogen and oxygen atoms in total. The Morgan fingerprint density at radius 3 is 1.56 bits per heavy atom. The van der Waals surface area contributed by atoms with Crippen molar-refractivity contribution in [2.75, 3.05) is 22.0 Å². The summed E-state index contributed by atoms with van der Waals surface area (Å²) in [6, 6.07) is 31.3. The molecule has 0 radical (unpaired) electrons. The molecular formula is C74H72F5N15O5S. The summed E-state index contributed by atoms with van der Waals surface area (Å²) in [5, 5.41) is 2.52. The van der Waals surface area contributed by atoms with E-state index in [-0.39, 0.29) is 51.3 Å². The van der Waals surface area contributed by atoms with Crippen LogP contribution in [0.2, 0.25) is 0 Å². The number of amides is 2. The van der Waals surface area contributed by atoms with E-state index in [0.717, 1.165) is 72.7 Å². The number of imidazole rings is 4. The molecule has 100 heavy (non-hydrogen) atoms. The zero-order chi connectivity index (χ0) is 70.2. The fourth-order valence-corrected chi connectivity index (χ4v) is 13.4. The number of furan rings is 2. The van der Waals surface area contributed by atoms with Crippen LogP contribution in [0.15, 0.2) is 191 Å². The fraction of sp³-hybridized carbons (Fsp3) is 0.257. The van der Waals surface area contributed by atoms with Crippen molar-refractivity contribution in [1.29, 1.82) is 4.78 Å². The van der Waals surface area contributed by atoms with Gasteiger partial charge in [0.15, 0.2) is 61.3 Å². The molecule has 0 bridgehead atoms. The highest BCUT2D eigenvalue weighted by molar-refractivity contribution is 7.93. The Balaban J connectivity index is 0.000000142. The van der Waals surface area contributed by atoms with Crippen LogP contribution in [-0.4, -0.2) is 76.6 Å². The number of H-pyrrole nitrogens is 1. The van der Waals surface area contributed by atoms with Gasteiger partial charge in [-0.05, 0) is 154 Å². The second kappa shape index (κ2) is 30.3. The first-order chi connectivity index (χ1) is 48.3. The van der Waals surface area contributed by atoms with Gasteiger partial charge in [0.1, 0.15) is 28.7 Å². The van der Waals surface area contributed by atoms with Gasteiger partial charge in [-0.15, -0.1) is 0 Å². The van der Waals surface area contributed by atoms with Crippen molar-refractivity contribution in [1.82, 2.24) is 53.6 Å². The van der Waals surface area contributed by atoms with Gasteiger partial charge >= 0.3 is 0 Å². The third-order valence-electron chi connectivity index (χ3n) is 17.6. The number of rotatable bonds is 19. The van der Waals surface area contributed by atoms with Crippen LogP contribution in [0.25, 0.3) is 68.2 Å². The number of hydrogen-bond acceptors (Lipinski definition) is 13. The molecule has 1 atom stereocenters. The highest BCUT2D eigenvalue weighted by atomic mass is 32.2. The Labute approximate surface area is 574 Å². The minimum atomic E-state index is -3.64. The van der Waals surface area contributed by atoms with Gasteiger partial charge in [-0.3, -0.25) is 29.3 Å². The minimum absolute atomic E-state index is 0.0228. The van der Waals surface area contributed by atoms with Crippen LogP contribution in [-0.2, 0) is 23.0 Å². The molecule has 9 heterocycles. The summed E-state index contributed by atoms with van der Waals surface area (Å²) in [6.07, 6.45) is 23.5. The van der Waals surface area contributed by atoms with Crippen molar-refractivity contribution in [2.45, 2.75) is 109 Å². The second-order valence-electron chi connectivity index (χ2n) is 25.2. The van der Waals surface area contributed by atoms with Crippen LogP contribution >= 0.6 is 0 Å². The molecular weight excluding hydrogens is 1310 g/mol. The first-order valence-corrected chi connectivity index (χ1v) is 34.3. The molecule has 2 aliphatic rings. The molecule has 2 aliphatic carbocycles. The molecule has 1 unspecified atom stereocenters. The lowest BCUT2D eigenvalue weighted by Gasteiger charge is -2.16. The molecule has 0 saturated heterocycles. The summed E-state index contributed by atoms with van der Waals surface area (Å²) in [4.78, 5) is 59.1. The fourth-order valence-electron chi connectivity index (χ4n) is 12.3. The molecule has 0 aliphatic heterocycles. The number of aromatic amines is 1. The van der Waals surface area contributed by atoms with E-state index >= 15 is 0 Å². The second-order valence-corrected chi connectivity index (χ2v) is 26.9. The highest BCUT2D eigenvalue weighted by Gasteiger charge is 2.29. The molecule has 3 aromatic carbocycles. The van der Waals surface area contributed by atoms with Gasteiger partial charge in [-0.2, -0.15) is 0 Å². The number of anilines is 3. The first kappa shape index (κ1) is 68.8. The topological polar surface area (TPSA) is 249 Å². The van der Waals surface area contributed by atoms with Gasteiger partial charge in [-0.1, -0.05) is 63.8 Å². The van der Waals surface area contributed by atoms with Crippen molar-refractivity contribution in [2.24, 2.45) is 11.8 Å². The Kier molecular flexibility index (Phi) is 20.8. The molecule has 12 aromatic rings. The Hall–Kier alpha value is -11.2. The molecule has 2 saturated carbocycles. The van der Waals surface area contributed by atoms with Gasteiger partial charge in [-0.25, -0.2) is 50.9 Å². The SMILES string of the molecule is CC(C)c1ccc(-c2ncn(CC3CCCC3)c2-c2ccc(C(=O)Nc3ccncc3F)o2)cc1.CC(C)n1cnc(-c2ccc(F)cc2)c1-c1ncc(S(=N)(=O)Nc2ccncc2F)[nH]1.CN(C(=O)c1ccc(-c2c(-c3ccc(F)cc3)ncn2CC2CCCC2)o1)c1ccncc1F. The van der Waals surface area contributed by atoms with Crippen LogP contribution in [0.5, 0.6) is 0 Å². The molecule has 514 valence electrons. The lowest BCUT2D eigenvalue weighted by Crippen LogP contribution is -2.26. The lowest BCUT2D eigenvalue weighted by molar-refractivity contribution is 0.0965. The smallest absolute Gasteiger partial charge is 0.293 e. The maximum atomic E-state index is 14.1. The third-order valence-corrected chi connectivity index (χ3v) is 19.0. The number of pyridine rings is 3. The van der Waals surface area contributed by atoms with Crippen molar-refractivity contribution in [3.63, 3.8) is 0 Å². The lowest BCUT2D eigenvalue weighted by atomic mass is 10.00. The Morgan fingerprint density at radius 1 is 0.580 bits per heavy atom. The number of halogens is 5. The minimum Gasteiger partial charge on any atom is -0.449 e. The van der Waals surface area contributed by atoms with Gasteiger partial charge in [0, 0.05) is 61.5 Å². The summed E-state index contributed by atoms with van der Waals surface area (Å²) in [7, 11) is -2.15. The number of carbonyl (C=O) groups excluding carboxylic acids is 2. The van der Waals surface area contributed by atoms with Crippen LogP contribution in [0.4, 0.5) is 39.0 Å². The zero-order valence-corrected chi connectivity index (χ0v) is 56.2. The van der Waals surface area contributed by atoms with Crippen molar-refractivity contribution < 1.29 is 44.6 Å². The number of aromatic nitrogens is 11. The van der Waals surface area contributed by atoms with E-state index in [1.807, 2.05) is 29.3 Å². The Morgan fingerprint density at radius 2 is 1.05 bits per heavy atom. The van der Waals surface area contributed by atoms with E-state index in [9.17, 15) is 35.8 Å². The molecule has 26 heteroatoms. The molecule has 0 spiro atoms. The summed E-state index contributed by atoms with van der Waals surface area (Å²) in [5.41, 5.74) is 7.95. The molecule has 2 fully saturated rings. The van der Waals surface area contributed by atoms with E-state index < -0.39 is 39.2 Å². The number of hydrogen-bond donors (Lipinski definition) is 4.